The van der Waals surface area contributed by atoms with Gasteiger partial charge in [0.05, 0.1) is 17.6 Å². The van der Waals surface area contributed by atoms with Gasteiger partial charge in [-0.1, -0.05) is 18.2 Å². The van der Waals surface area contributed by atoms with E-state index in [2.05, 4.69) is 10.3 Å². The smallest absolute Gasteiger partial charge is 0.410 e. The molecule has 2 aromatic heterocycles. The number of allylic oxidation sites excluding steroid dienone is 1. The number of carbonyl (C=O) groups is 3. The number of likely N-dealkylation sites (N-methyl/N-ethyl adjacent to an activating group) is 1. The number of rotatable bonds is 11. The minimum atomic E-state index is -1.25. The normalized spacial score (nSPS) is 11.9. The number of fused-ring (bicyclic) bond motifs is 1. The molecule has 11 nitrogen and oxygen atoms in total. The van der Waals surface area contributed by atoms with Crippen molar-refractivity contribution in [2.24, 2.45) is 0 Å². The van der Waals surface area contributed by atoms with E-state index in [0.717, 1.165) is 5.56 Å². The third-order valence-electron chi connectivity index (χ3n) is 6.83. The van der Waals surface area contributed by atoms with Gasteiger partial charge in [0, 0.05) is 47.0 Å². The van der Waals surface area contributed by atoms with Crippen LogP contribution >= 0.6 is 0 Å². The molecule has 1 unspecified atom stereocenters. The van der Waals surface area contributed by atoms with Crippen molar-refractivity contribution in [1.29, 1.82) is 0 Å². The number of anilines is 1. The summed E-state index contributed by atoms with van der Waals surface area (Å²) in [4.78, 5) is 57.9. The molecule has 1 N–H and O–H groups in total. The standard InChI is InChI=1S/C32H34F2N6O5/c1-37(2)29(41)10-6-5-9-27(45-32(44)38(3)4)30(42)36-24-8-7-17-39(31(24)43)20-28-35-25-18-23(34)15-16-26(25)40(28)19-21-11-13-22(33)14-12-21/h6-8,10-18,27H,5,9,19-20H2,1-4H3,(H,36,42)/b10-6+. The van der Waals surface area contributed by atoms with E-state index < -0.39 is 29.5 Å². The third kappa shape index (κ3) is 8.40. The SMILES string of the molecule is CN(C)C(=O)/C=C/CCC(OC(=O)N(C)C)C(=O)Nc1cccn(Cc2nc3cc(F)ccc3n2Cc2ccc(F)cc2)c1=O. The monoisotopic (exact) mass is 620 g/mol. The van der Waals surface area contributed by atoms with Gasteiger partial charge in [-0.05, 0) is 60.9 Å². The van der Waals surface area contributed by atoms with E-state index in [-0.39, 0.29) is 43.3 Å². The summed E-state index contributed by atoms with van der Waals surface area (Å²) in [6, 6.07) is 13.1. The molecule has 2 aromatic carbocycles. The van der Waals surface area contributed by atoms with Gasteiger partial charge in [-0.25, -0.2) is 18.6 Å². The number of ether oxygens (including phenoxy) is 1. The summed E-state index contributed by atoms with van der Waals surface area (Å²) in [5.41, 5.74) is 1.18. The molecule has 3 amide bonds. The van der Waals surface area contributed by atoms with Crippen LogP contribution in [0, 0.1) is 11.6 Å². The lowest BCUT2D eigenvalue weighted by atomic mass is 10.1. The van der Waals surface area contributed by atoms with Crippen LogP contribution in [0.15, 0.2) is 77.7 Å². The van der Waals surface area contributed by atoms with Gasteiger partial charge in [-0.2, -0.15) is 0 Å². The fraction of sp³-hybridized carbons (Fsp3) is 0.281. The number of hydrogen-bond acceptors (Lipinski definition) is 6. The van der Waals surface area contributed by atoms with Crippen molar-refractivity contribution in [3.8, 4) is 0 Å². The van der Waals surface area contributed by atoms with E-state index in [1.165, 1.54) is 71.1 Å². The Kier molecular flexibility index (Phi) is 10.4. The maximum Gasteiger partial charge on any atom is 0.410 e. The highest BCUT2D eigenvalue weighted by Gasteiger charge is 2.25. The van der Waals surface area contributed by atoms with Gasteiger partial charge < -0.3 is 29.0 Å². The van der Waals surface area contributed by atoms with Gasteiger partial charge in [0.15, 0.2) is 6.10 Å². The van der Waals surface area contributed by atoms with E-state index in [9.17, 15) is 28.0 Å². The number of imidazole rings is 1. The zero-order valence-corrected chi connectivity index (χ0v) is 25.4. The molecule has 0 fully saturated rings. The molecule has 0 bridgehead atoms. The zero-order valence-electron chi connectivity index (χ0n) is 25.4. The molecule has 0 spiro atoms. The summed E-state index contributed by atoms with van der Waals surface area (Å²) >= 11 is 0. The second-order valence-electron chi connectivity index (χ2n) is 10.7. The maximum atomic E-state index is 14.0. The van der Waals surface area contributed by atoms with E-state index in [1.54, 1.807) is 44.4 Å². The second kappa shape index (κ2) is 14.4. The lowest BCUT2D eigenvalue weighted by Gasteiger charge is -2.20. The average molecular weight is 621 g/mol. The number of pyridine rings is 1. The van der Waals surface area contributed by atoms with E-state index >= 15 is 0 Å². The number of amides is 3. The highest BCUT2D eigenvalue weighted by molar-refractivity contribution is 5.95. The highest BCUT2D eigenvalue weighted by Crippen LogP contribution is 2.20. The van der Waals surface area contributed by atoms with Gasteiger partial charge in [0.25, 0.3) is 11.5 Å². The largest absolute Gasteiger partial charge is 0.436 e. The van der Waals surface area contributed by atoms with Crippen LogP contribution in [0.5, 0.6) is 0 Å². The van der Waals surface area contributed by atoms with Crippen molar-refractivity contribution < 1.29 is 27.9 Å². The van der Waals surface area contributed by atoms with Gasteiger partial charge in [-0.3, -0.25) is 14.4 Å². The fourth-order valence-electron chi connectivity index (χ4n) is 4.40. The number of nitrogens with one attached hydrogen (secondary N) is 1. The molecule has 0 radical (unpaired) electrons. The first-order chi connectivity index (χ1) is 21.4. The van der Waals surface area contributed by atoms with Crippen LogP contribution in [-0.4, -0.2) is 76.1 Å². The van der Waals surface area contributed by atoms with Crippen LogP contribution in [0.1, 0.15) is 24.2 Å². The Labute approximate surface area is 258 Å². The van der Waals surface area contributed by atoms with Crippen molar-refractivity contribution in [2.75, 3.05) is 33.5 Å². The molecule has 0 aliphatic carbocycles. The van der Waals surface area contributed by atoms with Crippen LogP contribution in [0.3, 0.4) is 0 Å². The summed E-state index contributed by atoms with van der Waals surface area (Å²) in [6.45, 7) is 0.264. The van der Waals surface area contributed by atoms with Crippen LogP contribution in [-0.2, 0) is 27.4 Å². The number of nitrogens with zero attached hydrogens (tertiary/aromatic N) is 5. The highest BCUT2D eigenvalue weighted by atomic mass is 19.1. The lowest BCUT2D eigenvalue weighted by molar-refractivity contribution is -0.125. The van der Waals surface area contributed by atoms with E-state index in [0.29, 0.717) is 16.9 Å². The minimum absolute atomic E-state index is 0.0240. The molecule has 0 aliphatic heterocycles. The molecule has 2 heterocycles. The Balaban J connectivity index is 1.58. The molecule has 236 valence electrons. The molecule has 0 saturated carbocycles. The second-order valence-corrected chi connectivity index (χ2v) is 10.7. The van der Waals surface area contributed by atoms with Crippen LogP contribution < -0.4 is 10.9 Å². The van der Waals surface area contributed by atoms with E-state index in [4.69, 9.17) is 4.74 Å². The van der Waals surface area contributed by atoms with Crippen LogP contribution in [0.4, 0.5) is 19.3 Å². The Morgan fingerprint density at radius 2 is 1.69 bits per heavy atom. The summed E-state index contributed by atoms with van der Waals surface area (Å²) in [7, 11) is 6.16. The summed E-state index contributed by atoms with van der Waals surface area (Å²) < 4.78 is 36.0. The van der Waals surface area contributed by atoms with Gasteiger partial charge in [0.2, 0.25) is 5.91 Å². The summed E-state index contributed by atoms with van der Waals surface area (Å²) in [6.07, 6.45) is 2.78. The Morgan fingerprint density at radius 1 is 0.978 bits per heavy atom. The molecule has 45 heavy (non-hydrogen) atoms. The lowest BCUT2D eigenvalue weighted by Crippen LogP contribution is -2.37. The summed E-state index contributed by atoms with van der Waals surface area (Å²) in [5, 5.41) is 2.56. The number of halogens is 2. The Hall–Kier alpha value is -5.33. The summed E-state index contributed by atoms with van der Waals surface area (Å²) in [5.74, 6) is -1.36. The first kappa shape index (κ1) is 32.6. The van der Waals surface area contributed by atoms with Crippen LogP contribution in [0.2, 0.25) is 0 Å². The zero-order chi connectivity index (χ0) is 32.7. The van der Waals surface area contributed by atoms with Crippen LogP contribution in [0.25, 0.3) is 11.0 Å². The molecule has 0 aliphatic rings. The first-order valence-corrected chi connectivity index (χ1v) is 14.1. The van der Waals surface area contributed by atoms with Gasteiger partial charge >= 0.3 is 6.09 Å². The number of hydrogen-bond donors (Lipinski definition) is 1. The van der Waals surface area contributed by atoms with Gasteiger partial charge in [0.1, 0.15) is 23.1 Å². The average Bonchev–Trinajstić information content (AvgIpc) is 3.32. The molecular formula is C32H34F2N6O5. The van der Waals surface area contributed by atoms with Crippen molar-refractivity contribution in [3.63, 3.8) is 0 Å². The van der Waals surface area contributed by atoms with Crippen molar-refractivity contribution in [1.82, 2.24) is 23.9 Å². The number of benzene rings is 2. The van der Waals surface area contributed by atoms with Crippen molar-refractivity contribution >= 4 is 34.6 Å². The quantitative estimate of drug-likeness (QED) is 0.253. The Bertz CT molecular complexity index is 1780. The molecule has 4 aromatic rings. The predicted octanol–water partition coefficient (Wildman–Crippen LogP) is 4.00. The molecular weight excluding hydrogens is 586 g/mol. The number of carbonyl (C=O) groups excluding carboxylic acids is 3. The molecule has 1 atom stereocenters. The third-order valence-corrected chi connectivity index (χ3v) is 6.83. The number of aromatic nitrogens is 3. The topological polar surface area (TPSA) is 119 Å². The van der Waals surface area contributed by atoms with Crippen molar-refractivity contribution in [3.05, 3.63) is 106 Å². The maximum absolute atomic E-state index is 14.0. The minimum Gasteiger partial charge on any atom is -0.436 e. The molecule has 4 rings (SSSR count). The fourth-order valence-corrected chi connectivity index (χ4v) is 4.40. The first-order valence-electron chi connectivity index (χ1n) is 14.1. The van der Waals surface area contributed by atoms with Gasteiger partial charge in [-0.15, -0.1) is 0 Å². The predicted molar refractivity (Wildman–Crippen MR) is 165 cm³/mol. The molecule has 13 heteroatoms. The van der Waals surface area contributed by atoms with Crippen molar-refractivity contribution in [2.45, 2.75) is 32.0 Å². The van der Waals surface area contributed by atoms with E-state index in [1.807, 2.05) is 4.57 Å². The Morgan fingerprint density at radius 3 is 2.38 bits per heavy atom. The molecule has 0 saturated heterocycles.